The van der Waals surface area contributed by atoms with Crippen molar-refractivity contribution in [3.8, 4) is 0 Å². The number of nitrogens with zero attached hydrogens (tertiary/aromatic N) is 2. The molecule has 1 rings (SSSR count). The molecule has 0 amide bonds. The van der Waals surface area contributed by atoms with Crippen molar-refractivity contribution in [3.63, 3.8) is 0 Å². The lowest BCUT2D eigenvalue weighted by Gasteiger charge is -2.13. The van der Waals surface area contributed by atoms with Crippen LogP contribution in [-0.2, 0) is 29.9 Å². The van der Waals surface area contributed by atoms with Crippen LogP contribution in [0.3, 0.4) is 0 Å². The summed E-state index contributed by atoms with van der Waals surface area (Å²) >= 11 is 0. The van der Waals surface area contributed by atoms with Gasteiger partial charge in [0, 0.05) is 37.1 Å². The van der Waals surface area contributed by atoms with Crippen LogP contribution >= 0.6 is 0 Å². The van der Waals surface area contributed by atoms with Crippen molar-refractivity contribution in [2.45, 2.75) is 39.8 Å². The summed E-state index contributed by atoms with van der Waals surface area (Å²) in [7, 11) is -1.02. The zero-order valence-corrected chi connectivity index (χ0v) is 12.4. The maximum atomic E-state index is 11.5. The molecule has 5 nitrogen and oxygen atoms in total. The molecule has 1 N–H and O–H groups in total. The van der Waals surface area contributed by atoms with E-state index in [0.717, 1.165) is 17.7 Å². The monoisotopic (exact) mass is 273 g/mol. The Balaban J connectivity index is 2.54. The zero-order chi connectivity index (χ0) is 13.8. The predicted molar refractivity (Wildman–Crippen MR) is 73.2 cm³/mol. The molecule has 0 aliphatic heterocycles. The molecule has 0 aromatic carbocycles. The topological polar surface area (TPSA) is 64.0 Å². The van der Waals surface area contributed by atoms with Crippen LogP contribution in [0.25, 0.3) is 0 Å². The molecule has 6 heteroatoms. The Morgan fingerprint density at radius 2 is 2.11 bits per heavy atom. The third kappa shape index (κ3) is 4.42. The van der Waals surface area contributed by atoms with Gasteiger partial charge in [0.05, 0.1) is 11.4 Å². The lowest BCUT2D eigenvalue weighted by atomic mass is 10.2. The van der Waals surface area contributed by atoms with Gasteiger partial charge in [0.25, 0.3) is 0 Å². The van der Waals surface area contributed by atoms with E-state index in [0.29, 0.717) is 6.54 Å². The summed E-state index contributed by atoms with van der Waals surface area (Å²) in [6, 6.07) is -0.0418. The minimum atomic E-state index is -2.92. The Labute approximate surface area is 109 Å². The molecule has 1 aromatic rings. The largest absolute Gasteiger partial charge is 0.309 e. The van der Waals surface area contributed by atoms with Crippen LogP contribution in [0.15, 0.2) is 6.20 Å². The second-order valence-electron chi connectivity index (χ2n) is 4.61. The Morgan fingerprint density at radius 1 is 1.44 bits per heavy atom. The molecule has 0 saturated carbocycles. The van der Waals surface area contributed by atoms with Gasteiger partial charge in [-0.15, -0.1) is 0 Å². The third-order valence-corrected chi connectivity index (χ3v) is 4.80. The molecule has 1 atom stereocenters. The van der Waals surface area contributed by atoms with E-state index < -0.39 is 9.84 Å². The van der Waals surface area contributed by atoms with Gasteiger partial charge in [-0.25, -0.2) is 8.42 Å². The van der Waals surface area contributed by atoms with Crippen molar-refractivity contribution in [1.82, 2.24) is 15.1 Å². The lowest BCUT2D eigenvalue weighted by molar-refractivity contribution is 0.556. The van der Waals surface area contributed by atoms with Crippen molar-refractivity contribution in [1.29, 1.82) is 0 Å². The minimum absolute atomic E-state index is 0.0418. The maximum absolute atomic E-state index is 11.5. The van der Waals surface area contributed by atoms with Gasteiger partial charge in [-0.2, -0.15) is 5.10 Å². The van der Waals surface area contributed by atoms with Gasteiger partial charge in [-0.1, -0.05) is 13.8 Å². The number of hydrogen-bond acceptors (Lipinski definition) is 4. The lowest BCUT2D eigenvalue weighted by Crippen LogP contribution is -2.33. The molecule has 1 aromatic heterocycles. The number of sulfone groups is 1. The Bertz CT molecular complexity index is 480. The molecule has 1 unspecified atom stereocenters. The van der Waals surface area contributed by atoms with Crippen molar-refractivity contribution in [3.05, 3.63) is 17.5 Å². The molecular weight excluding hydrogens is 250 g/mol. The molecule has 0 aliphatic carbocycles. The average molecular weight is 273 g/mol. The highest BCUT2D eigenvalue weighted by molar-refractivity contribution is 7.91. The molecular formula is C12H23N3O2S. The fraction of sp³-hybridized carbons (Fsp3) is 0.750. The van der Waals surface area contributed by atoms with Gasteiger partial charge in [-0.05, 0) is 13.3 Å². The standard InChI is InChI=1S/C12H23N3O2S/c1-5-12-11(8-15(4)14-12)7-13-10(3)9-18(16,17)6-2/h8,10,13H,5-7,9H2,1-4H3. The van der Waals surface area contributed by atoms with Crippen LogP contribution < -0.4 is 5.32 Å². The van der Waals surface area contributed by atoms with Crippen LogP contribution in [0.4, 0.5) is 0 Å². The van der Waals surface area contributed by atoms with Crippen LogP contribution in [-0.4, -0.2) is 35.7 Å². The van der Waals surface area contributed by atoms with Crippen LogP contribution in [0.5, 0.6) is 0 Å². The summed E-state index contributed by atoms with van der Waals surface area (Å²) < 4.78 is 24.8. The number of nitrogens with one attached hydrogen (secondary N) is 1. The molecule has 18 heavy (non-hydrogen) atoms. The first kappa shape index (κ1) is 15.2. The van der Waals surface area contributed by atoms with Crippen LogP contribution in [0, 0.1) is 0 Å². The van der Waals surface area contributed by atoms with E-state index in [2.05, 4.69) is 17.3 Å². The van der Waals surface area contributed by atoms with E-state index in [1.54, 1.807) is 11.6 Å². The van der Waals surface area contributed by atoms with E-state index >= 15 is 0 Å². The van der Waals surface area contributed by atoms with Crippen molar-refractivity contribution < 1.29 is 8.42 Å². The van der Waals surface area contributed by atoms with E-state index in [-0.39, 0.29) is 17.5 Å². The number of hydrogen-bond donors (Lipinski definition) is 1. The Hall–Kier alpha value is -0.880. The molecule has 0 spiro atoms. The van der Waals surface area contributed by atoms with E-state index in [1.807, 2.05) is 20.2 Å². The van der Waals surface area contributed by atoms with Gasteiger partial charge in [0.2, 0.25) is 0 Å². The summed E-state index contributed by atoms with van der Waals surface area (Å²) in [5.41, 5.74) is 2.20. The highest BCUT2D eigenvalue weighted by Gasteiger charge is 2.14. The maximum Gasteiger partial charge on any atom is 0.151 e. The molecule has 0 bridgehead atoms. The molecule has 0 saturated heterocycles. The second-order valence-corrected chi connectivity index (χ2v) is 7.01. The van der Waals surface area contributed by atoms with Gasteiger partial charge < -0.3 is 5.32 Å². The smallest absolute Gasteiger partial charge is 0.151 e. The number of aromatic nitrogens is 2. The first-order valence-electron chi connectivity index (χ1n) is 6.33. The van der Waals surface area contributed by atoms with Crippen molar-refractivity contribution in [2.24, 2.45) is 7.05 Å². The first-order valence-corrected chi connectivity index (χ1v) is 8.15. The van der Waals surface area contributed by atoms with Crippen molar-refractivity contribution in [2.75, 3.05) is 11.5 Å². The third-order valence-electron chi connectivity index (χ3n) is 2.91. The molecule has 0 aliphatic rings. The fourth-order valence-corrected chi connectivity index (χ4v) is 2.99. The summed E-state index contributed by atoms with van der Waals surface area (Å²) in [6.45, 7) is 6.31. The zero-order valence-electron chi connectivity index (χ0n) is 11.6. The minimum Gasteiger partial charge on any atom is -0.309 e. The van der Waals surface area contributed by atoms with E-state index in [1.165, 1.54) is 0 Å². The Morgan fingerprint density at radius 3 is 2.67 bits per heavy atom. The molecule has 1 heterocycles. The van der Waals surface area contributed by atoms with Gasteiger partial charge in [0.15, 0.2) is 9.84 Å². The summed E-state index contributed by atoms with van der Waals surface area (Å²) in [5.74, 6) is 0.386. The average Bonchev–Trinajstić information content (AvgIpc) is 2.66. The molecule has 104 valence electrons. The SMILES string of the molecule is CCc1nn(C)cc1CNC(C)CS(=O)(=O)CC. The summed E-state index contributed by atoms with van der Waals surface area (Å²) in [6.07, 6.45) is 2.87. The van der Waals surface area contributed by atoms with Gasteiger partial charge >= 0.3 is 0 Å². The van der Waals surface area contributed by atoms with E-state index in [9.17, 15) is 8.42 Å². The van der Waals surface area contributed by atoms with Crippen LogP contribution in [0.2, 0.25) is 0 Å². The number of aryl methyl sites for hydroxylation is 2. The highest BCUT2D eigenvalue weighted by atomic mass is 32.2. The molecule has 0 radical (unpaired) electrons. The first-order chi connectivity index (χ1) is 8.38. The highest BCUT2D eigenvalue weighted by Crippen LogP contribution is 2.07. The quantitative estimate of drug-likeness (QED) is 0.801. The second kappa shape index (κ2) is 6.33. The Kier molecular flexibility index (Phi) is 5.34. The van der Waals surface area contributed by atoms with Gasteiger partial charge in [0.1, 0.15) is 0 Å². The normalized spacial score (nSPS) is 13.8. The van der Waals surface area contributed by atoms with Crippen LogP contribution in [0.1, 0.15) is 32.0 Å². The number of rotatable bonds is 7. The van der Waals surface area contributed by atoms with E-state index in [4.69, 9.17) is 0 Å². The molecule has 0 fully saturated rings. The fourth-order valence-electron chi connectivity index (χ4n) is 1.87. The predicted octanol–water partition coefficient (Wildman–Crippen LogP) is 0.895. The summed E-state index contributed by atoms with van der Waals surface area (Å²) in [5, 5.41) is 7.60. The van der Waals surface area contributed by atoms with Crippen molar-refractivity contribution >= 4 is 9.84 Å². The summed E-state index contributed by atoms with van der Waals surface area (Å²) in [4.78, 5) is 0. The van der Waals surface area contributed by atoms with Gasteiger partial charge in [-0.3, -0.25) is 4.68 Å².